The van der Waals surface area contributed by atoms with E-state index in [0.717, 1.165) is 5.56 Å². The van der Waals surface area contributed by atoms with Gasteiger partial charge < -0.3 is 26.0 Å². The molecule has 1 aromatic rings. The number of carbonyl (C=O) groups is 2. The van der Waals surface area contributed by atoms with Gasteiger partial charge in [0.15, 0.2) is 0 Å². The topological polar surface area (TPSA) is 91.5 Å². The molecule has 0 spiro atoms. The van der Waals surface area contributed by atoms with E-state index >= 15 is 0 Å². The number of piperazine rings is 1. The highest BCUT2D eigenvalue weighted by Crippen LogP contribution is 2.60. The lowest BCUT2D eigenvalue weighted by atomic mass is 9.44. The molecule has 0 aromatic heterocycles. The Morgan fingerprint density at radius 2 is 1.90 bits per heavy atom. The third-order valence-electron chi connectivity index (χ3n) is 6.00. The Morgan fingerprint density at radius 1 is 1.17 bits per heavy atom. The van der Waals surface area contributed by atoms with Crippen LogP contribution in [0.4, 0.5) is 8.78 Å². The number of hydrogen-bond acceptors (Lipinski definition) is 5. The van der Waals surface area contributed by atoms with Crippen LogP contribution in [-0.4, -0.2) is 61.1 Å². The van der Waals surface area contributed by atoms with Crippen molar-refractivity contribution in [3.8, 4) is 0 Å². The van der Waals surface area contributed by atoms with E-state index in [2.05, 4.69) is 21.3 Å². The van der Waals surface area contributed by atoms with Gasteiger partial charge in [0.1, 0.15) is 6.61 Å². The molecule has 4 fully saturated rings. The number of ether oxygens (including phenoxy) is 1. The predicted octanol–water partition coefficient (Wildman–Crippen LogP) is 0.959. The van der Waals surface area contributed by atoms with E-state index in [9.17, 15) is 18.4 Å². The van der Waals surface area contributed by atoms with Gasteiger partial charge in [0.2, 0.25) is 11.8 Å². The zero-order valence-corrected chi connectivity index (χ0v) is 17.1. The van der Waals surface area contributed by atoms with Crippen molar-refractivity contribution in [2.24, 2.45) is 0 Å². The molecule has 1 heterocycles. The van der Waals surface area contributed by atoms with E-state index in [1.54, 1.807) is 12.1 Å². The second-order valence-electron chi connectivity index (χ2n) is 8.56. The number of benzene rings is 1. The van der Waals surface area contributed by atoms with E-state index < -0.39 is 18.5 Å². The Kier molecular flexibility index (Phi) is 5.98. The molecule has 1 saturated heterocycles. The number of hydrogen-bond donors (Lipinski definition) is 4. The third kappa shape index (κ3) is 4.59. The second-order valence-corrected chi connectivity index (χ2v) is 9.00. The molecular weight excluding hydrogens is 418 g/mol. The van der Waals surface area contributed by atoms with Crippen LogP contribution in [0.2, 0.25) is 5.02 Å². The fourth-order valence-corrected chi connectivity index (χ4v) is 4.88. The quantitative estimate of drug-likeness (QED) is 0.481. The number of alkyl halides is 2. The normalized spacial score (nSPS) is 32.1. The lowest BCUT2D eigenvalue weighted by Crippen LogP contribution is -2.84. The van der Waals surface area contributed by atoms with Crippen molar-refractivity contribution >= 4 is 23.4 Å². The highest BCUT2D eigenvalue weighted by molar-refractivity contribution is 6.30. The lowest BCUT2D eigenvalue weighted by molar-refractivity contribution is -0.153. The maximum atomic E-state index is 12.7. The summed E-state index contributed by atoms with van der Waals surface area (Å²) in [5.41, 5.74) is 0.323. The maximum absolute atomic E-state index is 12.7. The molecule has 4 N–H and O–H groups in total. The van der Waals surface area contributed by atoms with Gasteiger partial charge in [-0.25, -0.2) is 8.78 Å². The van der Waals surface area contributed by atoms with E-state index in [0.29, 0.717) is 30.9 Å². The SMILES string of the molecule is O=C(COCc1cccc(Cl)c1)NC12CC(NC(=O)C3CNC(C(F)F)CN3)(C1)C2. The van der Waals surface area contributed by atoms with Crippen LogP contribution >= 0.6 is 11.6 Å². The second kappa shape index (κ2) is 8.37. The summed E-state index contributed by atoms with van der Waals surface area (Å²) in [6.07, 6.45) is -0.444. The number of carbonyl (C=O) groups excluding carboxylic acids is 2. The van der Waals surface area contributed by atoms with Crippen LogP contribution in [0.15, 0.2) is 24.3 Å². The van der Waals surface area contributed by atoms with Crippen LogP contribution in [-0.2, 0) is 20.9 Å². The summed E-state index contributed by atoms with van der Waals surface area (Å²) < 4.78 is 30.8. The number of amides is 2. The molecule has 2 unspecified atom stereocenters. The van der Waals surface area contributed by atoms with Crippen LogP contribution in [0, 0.1) is 0 Å². The highest BCUT2D eigenvalue weighted by atomic mass is 35.5. The minimum atomic E-state index is -2.46. The number of rotatable bonds is 8. The highest BCUT2D eigenvalue weighted by Gasteiger charge is 2.69. The minimum Gasteiger partial charge on any atom is -0.367 e. The van der Waals surface area contributed by atoms with Crippen molar-refractivity contribution in [2.45, 2.75) is 55.5 Å². The maximum Gasteiger partial charge on any atom is 0.254 e. The van der Waals surface area contributed by atoms with Crippen molar-refractivity contribution in [3.05, 3.63) is 34.9 Å². The van der Waals surface area contributed by atoms with Gasteiger partial charge in [-0.2, -0.15) is 0 Å². The lowest BCUT2D eigenvalue weighted by Gasteiger charge is -2.70. The van der Waals surface area contributed by atoms with Crippen LogP contribution in [0.5, 0.6) is 0 Å². The van der Waals surface area contributed by atoms with Crippen molar-refractivity contribution in [2.75, 3.05) is 19.7 Å². The molecule has 164 valence electrons. The molecule has 1 aliphatic heterocycles. The van der Waals surface area contributed by atoms with Gasteiger partial charge in [0, 0.05) is 29.2 Å². The largest absolute Gasteiger partial charge is 0.367 e. The molecular formula is C20H25ClF2N4O3. The molecule has 2 atom stereocenters. The predicted molar refractivity (Wildman–Crippen MR) is 106 cm³/mol. The van der Waals surface area contributed by atoms with Gasteiger partial charge in [-0.05, 0) is 37.0 Å². The average molecular weight is 443 g/mol. The molecule has 2 amide bonds. The standard InChI is InChI=1S/C20H25ClF2N4O3/c21-13-3-1-2-12(4-13)7-30-8-16(28)26-19-9-20(10-19,11-19)27-18(29)15-6-24-14(5-25-15)17(22)23/h1-4,14-15,17,24-25H,5-11H2,(H,26,28)(H,27,29). The van der Waals surface area contributed by atoms with E-state index in [-0.39, 0.29) is 42.6 Å². The summed E-state index contributed by atoms with van der Waals surface area (Å²) >= 11 is 5.92. The Hall–Kier alpha value is -1.81. The van der Waals surface area contributed by atoms with Gasteiger partial charge in [-0.3, -0.25) is 9.59 Å². The Morgan fingerprint density at radius 3 is 2.53 bits per heavy atom. The van der Waals surface area contributed by atoms with Crippen LogP contribution < -0.4 is 21.3 Å². The van der Waals surface area contributed by atoms with Crippen LogP contribution in [0.25, 0.3) is 0 Å². The minimum absolute atomic E-state index is 0.0451. The first-order valence-corrected chi connectivity index (χ1v) is 10.4. The molecule has 1 aromatic carbocycles. The number of nitrogens with one attached hydrogen (secondary N) is 4. The zero-order chi connectivity index (χ0) is 21.4. The van der Waals surface area contributed by atoms with Crippen LogP contribution in [0.3, 0.4) is 0 Å². The van der Waals surface area contributed by atoms with Gasteiger partial charge in [-0.15, -0.1) is 0 Å². The zero-order valence-electron chi connectivity index (χ0n) is 16.3. The van der Waals surface area contributed by atoms with Crippen LogP contribution in [0.1, 0.15) is 24.8 Å². The Bertz CT molecular complexity index is 797. The molecule has 2 bridgehead atoms. The van der Waals surface area contributed by atoms with E-state index in [1.807, 2.05) is 12.1 Å². The smallest absolute Gasteiger partial charge is 0.254 e. The molecule has 0 radical (unpaired) electrons. The molecule has 5 rings (SSSR count). The van der Waals surface area contributed by atoms with Gasteiger partial charge in [0.05, 0.1) is 18.7 Å². The fourth-order valence-electron chi connectivity index (χ4n) is 4.67. The summed E-state index contributed by atoms with van der Waals surface area (Å²) in [7, 11) is 0. The molecule has 30 heavy (non-hydrogen) atoms. The van der Waals surface area contributed by atoms with E-state index in [4.69, 9.17) is 16.3 Å². The summed E-state index contributed by atoms with van der Waals surface area (Å²) in [6, 6.07) is 5.81. The first-order valence-electron chi connectivity index (χ1n) is 9.98. The van der Waals surface area contributed by atoms with Gasteiger partial charge in [0.25, 0.3) is 6.43 Å². The van der Waals surface area contributed by atoms with Crippen molar-refractivity contribution in [3.63, 3.8) is 0 Å². The molecule has 10 heteroatoms. The molecule has 7 nitrogen and oxygen atoms in total. The fraction of sp³-hybridized carbons (Fsp3) is 0.600. The van der Waals surface area contributed by atoms with Crippen molar-refractivity contribution < 1.29 is 23.1 Å². The first kappa shape index (κ1) is 21.4. The average Bonchev–Trinajstić information content (AvgIpc) is 2.65. The number of halogens is 3. The third-order valence-corrected chi connectivity index (χ3v) is 6.24. The molecule has 3 aliphatic carbocycles. The summed E-state index contributed by atoms with van der Waals surface area (Å²) in [6.45, 7) is 0.479. The van der Waals surface area contributed by atoms with Gasteiger partial charge >= 0.3 is 0 Å². The molecule has 4 aliphatic rings. The monoisotopic (exact) mass is 442 g/mol. The Balaban J connectivity index is 1.14. The molecule has 3 saturated carbocycles. The van der Waals surface area contributed by atoms with Gasteiger partial charge in [-0.1, -0.05) is 23.7 Å². The van der Waals surface area contributed by atoms with E-state index in [1.165, 1.54) is 0 Å². The van der Waals surface area contributed by atoms with Crippen molar-refractivity contribution in [1.29, 1.82) is 0 Å². The Labute approximate surface area is 178 Å². The van der Waals surface area contributed by atoms with Crippen molar-refractivity contribution in [1.82, 2.24) is 21.3 Å². The summed E-state index contributed by atoms with van der Waals surface area (Å²) in [4.78, 5) is 24.6. The summed E-state index contributed by atoms with van der Waals surface area (Å²) in [5, 5.41) is 12.2. The first-order chi connectivity index (χ1) is 14.3. The summed E-state index contributed by atoms with van der Waals surface area (Å²) in [5.74, 6) is -0.382.